The Morgan fingerprint density at radius 1 is 1.03 bits per heavy atom. The minimum atomic E-state index is -0.572. The van der Waals surface area contributed by atoms with E-state index in [1.54, 1.807) is 30.5 Å². The first kappa shape index (κ1) is 22.7. The number of benzene rings is 2. The Morgan fingerprint density at radius 3 is 2.44 bits per heavy atom. The van der Waals surface area contributed by atoms with Crippen molar-refractivity contribution in [3.05, 3.63) is 98.3 Å². The maximum Gasteiger partial charge on any atom is 0.261 e. The maximum atomic E-state index is 13.5. The SMILES string of the molecule is O=C(N[C@H](CN1C(=O)c2ccccc2C1=O)c1ccccc1)c1cc2c(s1)CCCn1ncc(Cl)c1-2. The maximum absolute atomic E-state index is 13.5. The number of fused-ring (bicyclic) bond motifs is 4. The summed E-state index contributed by atoms with van der Waals surface area (Å²) in [4.78, 5) is 42.3. The van der Waals surface area contributed by atoms with Gasteiger partial charge in [0.15, 0.2) is 0 Å². The zero-order valence-corrected chi connectivity index (χ0v) is 20.7. The zero-order valence-electron chi connectivity index (χ0n) is 19.1. The molecule has 2 aliphatic heterocycles. The molecule has 1 N–H and O–H groups in total. The molecule has 7 nitrogen and oxygen atoms in total. The van der Waals surface area contributed by atoms with Crippen molar-refractivity contribution in [2.24, 2.45) is 0 Å². The zero-order chi connectivity index (χ0) is 24.8. The lowest BCUT2D eigenvalue weighted by Gasteiger charge is -2.24. The van der Waals surface area contributed by atoms with Gasteiger partial charge in [-0.1, -0.05) is 54.1 Å². The second-order valence-corrected chi connectivity index (χ2v) is 10.4. The monoisotopic (exact) mass is 516 g/mol. The molecule has 180 valence electrons. The fraction of sp³-hybridized carbons (Fsp3) is 0.185. The molecular formula is C27H21ClN4O3S. The molecular weight excluding hydrogens is 496 g/mol. The first-order valence-electron chi connectivity index (χ1n) is 11.7. The second-order valence-electron chi connectivity index (χ2n) is 8.82. The molecule has 0 unspecified atom stereocenters. The summed E-state index contributed by atoms with van der Waals surface area (Å²) in [5.41, 5.74) is 3.35. The van der Waals surface area contributed by atoms with E-state index in [2.05, 4.69) is 10.4 Å². The van der Waals surface area contributed by atoms with E-state index in [0.29, 0.717) is 21.0 Å². The highest BCUT2D eigenvalue weighted by atomic mass is 35.5. The van der Waals surface area contributed by atoms with Crippen molar-refractivity contribution in [1.29, 1.82) is 0 Å². The molecule has 1 atom stereocenters. The molecule has 0 fully saturated rings. The van der Waals surface area contributed by atoms with Gasteiger partial charge < -0.3 is 5.32 Å². The highest BCUT2D eigenvalue weighted by molar-refractivity contribution is 7.14. The van der Waals surface area contributed by atoms with Crippen molar-refractivity contribution in [2.45, 2.75) is 25.4 Å². The minimum absolute atomic E-state index is 0.0335. The van der Waals surface area contributed by atoms with E-state index in [4.69, 9.17) is 11.6 Å². The Hall–Kier alpha value is -3.75. The number of hydrogen-bond donors (Lipinski definition) is 1. The number of carbonyl (C=O) groups is 3. The number of nitrogens with zero attached hydrogens (tertiary/aromatic N) is 3. The average Bonchev–Trinajstić information content (AvgIpc) is 3.51. The number of aromatic nitrogens is 2. The predicted molar refractivity (Wildman–Crippen MR) is 137 cm³/mol. The number of halogens is 1. The molecule has 3 amide bonds. The molecule has 0 aliphatic carbocycles. The largest absolute Gasteiger partial charge is 0.343 e. The van der Waals surface area contributed by atoms with Crippen LogP contribution in [-0.2, 0) is 13.0 Å². The first-order chi connectivity index (χ1) is 17.5. The highest BCUT2D eigenvalue weighted by Crippen LogP contribution is 2.39. The standard InChI is InChI=1S/C27H21ClN4O3S/c28-20-14-29-32-12-6-11-22-19(24(20)32)13-23(36-22)25(33)30-21(16-7-2-1-3-8-16)15-31-26(34)17-9-4-5-10-18(17)27(31)35/h1-5,7-10,13-14,21H,6,11-12,15H2,(H,30,33)/t21-/m1/s1. The third-order valence-corrected chi connectivity index (χ3v) is 8.08. The van der Waals surface area contributed by atoms with Crippen LogP contribution in [0.1, 0.15) is 53.3 Å². The Labute approximate surface area is 216 Å². The van der Waals surface area contributed by atoms with Gasteiger partial charge in [-0.3, -0.25) is 24.0 Å². The number of nitrogens with one attached hydrogen (secondary N) is 1. The van der Waals surface area contributed by atoms with Crippen LogP contribution in [0, 0.1) is 0 Å². The van der Waals surface area contributed by atoms with Gasteiger partial charge in [0.1, 0.15) is 0 Å². The summed E-state index contributed by atoms with van der Waals surface area (Å²) < 4.78 is 1.89. The van der Waals surface area contributed by atoms with Gasteiger partial charge in [0, 0.05) is 17.0 Å². The van der Waals surface area contributed by atoms with Crippen LogP contribution in [0.4, 0.5) is 0 Å². The van der Waals surface area contributed by atoms with Crippen molar-refractivity contribution in [2.75, 3.05) is 6.54 Å². The average molecular weight is 517 g/mol. The predicted octanol–water partition coefficient (Wildman–Crippen LogP) is 4.98. The van der Waals surface area contributed by atoms with Crippen LogP contribution in [0.5, 0.6) is 0 Å². The third kappa shape index (κ3) is 3.83. The van der Waals surface area contributed by atoms with E-state index in [1.165, 1.54) is 16.2 Å². The van der Waals surface area contributed by atoms with E-state index < -0.39 is 6.04 Å². The summed E-state index contributed by atoms with van der Waals surface area (Å²) in [5.74, 6) is -0.964. The summed E-state index contributed by atoms with van der Waals surface area (Å²) in [6.45, 7) is 0.813. The molecule has 2 aromatic carbocycles. The van der Waals surface area contributed by atoms with Crippen LogP contribution >= 0.6 is 22.9 Å². The molecule has 6 rings (SSSR count). The van der Waals surface area contributed by atoms with Crippen LogP contribution in [0.2, 0.25) is 5.02 Å². The molecule has 0 bridgehead atoms. The number of thiophene rings is 1. The van der Waals surface area contributed by atoms with Gasteiger partial charge in [0.2, 0.25) is 0 Å². The first-order valence-corrected chi connectivity index (χ1v) is 12.9. The molecule has 0 saturated carbocycles. The van der Waals surface area contributed by atoms with Crippen LogP contribution in [0.15, 0.2) is 66.9 Å². The molecule has 0 saturated heterocycles. The number of carbonyl (C=O) groups excluding carboxylic acids is 3. The Morgan fingerprint density at radius 2 is 1.72 bits per heavy atom. The topological polar surface area (TPSA) is 84.3 Å². The lowest BCUT2D eigenvalue weighted by atomic mass is 10.1. The van der Waals surface area contributed by atoms with E-state index in [1.807, 2.05) is 41.1 Å². The van der Waals surface area contributed by atoms with Crippen LogP contribution in [0.25, 0.3) is 11.3 Å². The van der Waals surface area contributed by atoms with Crippen molar-refractivity contribution in [3.63, 3.8) is 0 Å². The summed E-state index contributed by atoms with van der Waals surface area (Å²) in [6.07, 6.45) is 3.38. The van der Waals surface area contributed by atoms with Crippen molar-refractivity contribution in [3.8, 4) is 11.3 Å². The lowest BCUT2D eigenvalue weighted by molar-refractivity contribution is 0.0629. The van der Waals surface area contributed by atoms with Gasteiger partial charge >= 0.3 is 0 Å². The van der Waals surface area contributed by atoms with Crippen LogP contribution in [0.3, 0.4) is 0 Å². The van der Waals surface area contributed by atoms with E-state index in [-0.39, 0.29) is 24.3 Å². The van der Waals surface area contributed by atoms with Gasteiger partial charge in [0.25, 0.3) is 17.7 Å². The van der Waals surface area contributed by atoms with Gasteiger partial charge in [-0.05, 0) is 36.6 Å². The quantitative estimate of drug-likeness (QED) is 0.379. The van der Waals surface area contributed by atoms with Gasteiger partial charge in [0.05, 0.1) is 45.5 Å². The Balaban J connectivity index is 1.30. The van der Waals surface area contributed by atoms with E-state index in [9.17, 15) is 14.4 Å². The number of hydrogen-bond acceptors (Lipinski definition) is 5. The van der Waals surface area contributed by atoms with Crippen LogP contribution < -0.4 is 5.32 Å². The van der Waals surface area contributed by atoms with E-state index >= 15 is 0 Å². The molecule has 0 radical (unpaired) electrons. The summed E-state index contributed by atoms with van der Waals surface area (Å²) in [6, 6.07) is 17.5. The number of rotatable bonds is 5. The molecule has 0 spiro atoms. The molecule has 2 aliphatic rings. The fourth-order valence-electron chi connectivity index (χ4n) is 4.85. The van der Waals surface area contributed by atoms with Gasteiger partial charge in [-0.25, -0.2) is 0 Å². The van der Waals surface area contributed by atoms with E-state index in [0.717, 1.165) is 41.1 Å². The minimum Gasteiger partial charge on any atom is -0.343 e. The van der Waals surface area contributed by atoms with Crippen molar-refractivity contribution < 1.29 is 14.4 Å². The van der Waals surface area contributed by atoms with Crippen molar-refractivity contribution in [1.82, 2.24) is 20.0 Å². The number of aryl methyl sites for hydroxylation is 2. The lowest BCUT2D eigenvalue weighted by Crippen LogP contribution is -2.40. The van der Waals surface area contributed by atoms with Gasteiger partial charge in [-0.2, -0.15) is 5.10 Å². The van der Waals surface area contributed by atoms with Crippen LogP contribution in [-0.4, -0.2) is 38.9 Å². The smallest absolute Gasteiger partial charge is 0.261 e. The number of imide groups is 1. The summed E-state index contributed by atoms with van der Waals surface area (Å²) in [7, 11) is 0. The van der Waals surface area contributed by atoms with Gasteiger partial charge in [-0.15, -0.1) is 11.3 Å². The summed E-state index contributed by atoms with van der Waals surface area (Å²) in [5, 5.41) is 8.00. The summed E-state index contributed by atoms with van der Waals surface area (Å²) >= 11 is 7.87. The fourth-order valence-corrected chi connectivity index (χ4v) is 6.20. The third-order valence-electron chi connectivity index (χ3n) is 6.61. The Bertz CT molecular complexity index is 1480. The molecule has 9 heteroatoms. The normalized spacial score (nSPS) is 15.2. The number of amides is 3. The van der Waals surface area contributed by atoms with Crippen molar-refractivity contribution >= 4 is 40.7 Å². The molecule has 36 heavy (non-hydrogen) atoms. The molecule has 4 heterocycles. The molecule has 2 aromatic heterocycles. The Kier molecular flexibility index (Phi) is 5.70. The highest BCUT2D eigenvalue weighted by Gasteiger charge is 2.37. The second kappa shape index (κ2) is 9.04. The molecule has 4 aromatic rings.